The van der Waals surface area contributed by atoms with Crippen molar-refractivity contribution in [2.75, 3.05) is 5.88 Å². The molecule has 0 aliphatic carbocycles. The summed E-state index contributed by atoms with van der Waals surface area (Å²) in [6.45, 7) is 1.74. The van der Waals surface area contributed by atoms with Gasteiger partial charge in [0, 0.05) is 16.4 Å². The van der Waals surface area contributed by atoms with Gasteiger partial charge in [0.1, 0.15) is 0 Å². The van der Waals surface area contributed by atoms with Crippen LogP contribution in [0.2, 0.25) is 0 Å². The molecule has 1 atom stereocenters. The van der Waals surface area contributed by atoms with Crippen LogP contribution < -0.4 is 5.32 Å². The Morgan fingerprint density at radius 2 is 2.11 bits per heavy atom. The molecular weight excluding hydrogens is 346 g/mol. The fourth-order valence-electron chi connectivity index (χ4n) is 1.41. The molecule has 1 aromatic rings. The van der Waals surface area contributed by atoms with Crippen LogP contribution in [0.3, 0.4) is 0 Å². The first-order chi connectivity index (χ1) is 8.75. The number of halogens is 5. The largest absolute Gasteiger partial charge is 0.416 e. The maximum absolute atomic E-state index is 12.6. The fraction of sp³-hybridized carbons (Fsp3) is 0.417. The van der Waals surface area contributed by atoms with E-state index in [9.17, 15) is 18.0 Å². The van der Waals surface area contributed by atoms with Gasteiger partial charge in [-0.2, -0.15) is 13.2 Å². The molecule has 0 saturated heterocycles. The van der Waals surface area contributed by atoms with E-state index in [2.05, 4.69) is 21.2 Å². The predicted molar refractivity (Wildman–Crippen MR) is 71.4 cm³/mol. The van der Waals surface area contributed by atoms with Gasteiger partial charge in [-0.25, -0.2) is 0 Å². The van der Waals surface area contributed by atoms with E-state index in [0.29, 0.717) is 16.8 Å². The van der Waals surface area contributed by atoms with Crippen molar-refractivity contribution in [1.29, 1.82) is 0 Å². The summed E-state index contributed by atoms with van der Waals surface area (Å²) in [5, 5.41) is 2.60. The molecule has 1 rings (SSSR count). The molecule has 7 heteroatoms. The lowest BCUT2D eigenvalue weighted by molar-refractivity contribution is -0.137. The molecule has 1 aromatic carbocycles. The van der Waals surface area contributed by atoms with E-state index in [0.717, 1.165) is 12.1 Å². The lowest BCUT2D eigenvalue weighted by Gasteiger charge is -2.14. The zero-order chi connectivity index (χ0) is 14.6. The quantitative estimate of drug-likeness (QED) is 0.803. The van der Waals surface area contributed by atoms with Crippen molar-refractivity contribution in [1.82, 2.24) is 5.32 Å². The highest BCUT2D eigenvalue weighted by Crippen LogP contribution is 2.31. The van der Waals surface area contributed by atoms with E-state index in [-0.39, 0.29) is 11.6 Å². The number of carbonyl (C=O) groups is 1. The minimum absolute atomic E-state index is 0.0451. The van der Waals surface area contributed by atoms with Gasteiger partial charge in [0.15, 0.2) is 0 Å². The molecule has 0 saturated carbocycles. The third kappa shape index (κ3) is 4.69. The third-order valence-corrected chi connectivity index (χ3v) is 3.37. The summed E-state index contributed by atoms with van der Waals surface area (Å²) in [5.41, 5.74) is -0.901. The zero-order valence-corrected chi connectivity index (χ0v) is 12.4. The highest BCUT2D eigenvalue weighted by Gasteiger charge is 2.31. The van der Waals surface area contributed by atoms with Crippen molar-refractivity contribution in [3.63, 3.8) is 0 Å². The average Bonchev–Trinajstić information content (AvgIpc) is 2.27. The minimum atomic E-state index is -4.47. The van der Waals surface area contributed by atoms with E-state index in [4.69, 9.17) is 11.6 Å². The SMILES string of the molecule is CC(CCCl)NC(=O)c1cc(C(F)(F)F)ccc1Br. The maximum Gasteiger partial charge on any atom is 0.416 e. The monoisotopic (exact) mass is 357 g/mol. The number of hydrogen-bond acceptors (Lipinski definition) is 1. The van der Waals surface area contributed by atoms with Crippen LogP contribution in [-0.2, 0) is 6.18 Å². The van der Waals surface area contributed by atoms with Gasteiger partial charge in [-0.3, -0.25) is 4.79 Å². The van der Waals surface area contributed by atoms with Crippen LogP contribution >= 0.6 is 27.5 Å². The van der Waals surface area contributed by atoms with Gasteiger partial charge in [-0.15, -0.1) is 11.6 Å². The molecule has 0 aromatic heterocycles. The molecule has 1 unspecified atom stereocenters. The van der Waals surface area contributed by atoms with Gasteiger partial charge in [0.2, 0.25) is 0 Å². The molecule has 1 N–H and O–H groups in total. The number of rotatable bonds is 4. The number of benzene rings is 1. The smallest absolute Gasteiger partial charge is 0.350 e. The Morgan fingerprint density at radius 3 is 2.63 bits per heavy atom. The normalized spacial score (nSPS) is 13.2. The van der Waals surface area contributed by atoms with E-state index in [1.54, 1.807) is 6.92 Å². The lowest BCUT2D eigenvalue weighted by atomic mass is 10.1. The Morgan fingerprint density at radius 1 is 1.47 bits per heavy atom. The second-order valence-electron chi connectivity index (χ2n) is 4.04. The summed E-state index contributed by atoms with van der Waals surface area (Å²) in [6.07, 6.45) is -3.93. The van der Waals surface area contributed by atoms with Gasteiger partial charge in [0.25, 0.3) is 5.91 Å². The molecule has 0 aliphatic rings. The third-order valence-electron chi connectivity index (χ3n) is 2.46. The van der Waals surface area contributed by atoms with Crippen LogP contribution in [0.25, 0.3) is 0 Å². The lowest BCUT2D eigenvalue weighted by Crippen LogP contribution is -2.33. The molecule has 2 nitrogen and oxygen atoms in total. The number of amides is 1. The van der Waals surface area contributed by atoms with Gasteiger partial charge in [-0.1, -0.05) is 0 Å². The van der Waals surface area contributed by atoms with Crippen LogP contribution in [0.15, 0.2) is 22.7 Å². The van der Waals surface area contributed by atoms with Crippen LogP contribution in [0.5, 0.6) is 0 Å². The van der Waals surface area contributed by atoms with E-state index >= 15 is 0 Å². The van der Waals surface area contributed by atoms with E-state index in [1.165, 1.54) is 6.07 Å². The van der Waals surface area contributed by atoms with Crippen LogP contribution in [0, 0.1) is 0 Å². The average molecular weight is 359 g/mol. The maximum atomic E-state index is 12.6. The molecule has 1 amide bonds. The molecule has 0 aliphatic heterocycles. The highest BCUT2D eigenvalue weighted by molar-refractivity contribution is 9.10. The van der Waals surface area contributed by atoms with Crippen molar-refractivity contribution in [2.45, 2.75) is 25.6 Å². The number of nitrogens with one attached hydrogen (secondary N) is 1. The molecule has 0 fully saturated rings. The van der Waals surface area contributed by atoms with Gasteiger partial charge < -0.3 is 5.32 Å². The summed E-state index contributed by atoms with van der Waals surface area (Å²) >= 11 is 8.61. The summed E-state index contributed by atoms with van der Waals surface area (Å²) in [4.78, 5) is 11.9. The first-order valence-corrected chi connectivity index (χ1v) is 6.82. The molecule has 106 valence electrons. The van der Waals surface area contributed by atoms with Gasteiger partial charge in [0.05, 0.1) is 11.1 Å². The van der Waals surface area contributed by atoms with E-state index in [1.807, 2.05) is 0 Å². The number of alkyl halides is 4. The molecule has 0 spiro atoms. The van der Waals surface area contributed by atoms with Crippen molar-refractivity contribution < 1.29 is 18.0 Å². The standard InChI is InChI=1S/C12H12BrClF3NO/c1-7(4-5-14)18-11(19)9-6-8(12(15,16)17)2-3-10(9)13/h2-3,6-7H,4-5H2,1H3,(H,18,19). The molecule has 0 heterocycles. The van der Waals surface area contributed by atoms with Crippen molar-refractivity contribution >= 4 is 33.4 Å². The Kier molecular flexibility index (Phi) is 5.67. The van der Waals surface area contributed by atoms with Crippen molar-refractivity contribution in [3.8, 4) is 0 Å². The predicted octanol–water partition coefficient (Wildman–Crippen LogP) is 4.22. The number of carbonyl (C=O) groups excluding carboxylic acids is 1. The topological polar surface area (TPSA) is 29.1 Å². The second kappa shape index (κ2) is 6.61. The Hall–Kier alpha value is -0.750. The van der Waals surface area contributed by atoms with Crippen LogP contribution in [-0.4, -0.2) is 17.8 Å². The summed E-state index contributed by atoms with van der Waals surface area (Å²) < 4.78 is 38.1. The van der Waals surface area contributed by atoms with Crippen molar-refractivity contribution in [3.05, 3.63) is 33.8 Å². The van der Waals surface area contributed by atoms with Gasteiger partial charge in [-0.05, 0) is 47.5 Å². The second-order valence-corrected chi connectivity index (χ2v) is 5.28. The summed E-state index contributed by atoms with van der Waals surface area (Å²) in [6, 6.07) is 2.76. The first-order valence-electron chi connectivity index (χ1n) is 5.49. The Bertz CT molecular complexity index is 465. The Labute approximate surface area is 122 Å². The summed E-state index contributed by atoms with van der Waals surface area (Å²) in [7, 11) is 0. The molecule has 0 radical (unpaired) electrons. The highest BCUT2D eigenvalue weighted by atomic mass is 79.9. The summed E-state index contributed by atoms with van der Waals surface area (Å²) in [5.74, 6) is -0.193. The molecule has 19 heavy (non-hydrogen) atoms. The molecular formula is C12H12BrClF3NO. The minimum Gasteiger partial charge on any atom is -0.350 e. The first kappa shape index (κ1) is 16.3. The molecule has 0 bridgehead atoms. The zero-order valence-electron chi connectivity index (χ0n) is 10.0. The van der Waals surface area contributed by atoms with Crippen LogP contribution in [0.1, 0.15) is 29.3 Å². The van der Waals surface area contributed by atoms with Gasteiger partial charge >= 0.3 is 6.18 Å². The van der Waals surface area contributed by atoms with Crippen molar-refractivity contribution in [2.24, 2.45) is 0 Å². The van der Waals surface area contributed by atoms with E-state index < -0.39 is 17.6 Å². The fourth-order valence-corrected chi connectivity index (χ4v) is 2.17. The number of hydrogen-bond donors (Lipinski definition) is 1. The Balaban J connectivity index is 2.96. The van der Waals surface area contributed by atoms with Crippen LogP contribution in [0.4, 0.5) is 13.2 Å².